The number of thiol groups is 1. The van der Waals surface area contributed by atoms with Gasteiger partial charge in [0, 0.05) is 5.25 Å². The Morgan fingerprint density at radius 1 is 1.33 bits per heavy atom. The standard InChI is InChI=1S/C3H6S.C2H7N.C2H4/c4-3-1-2-3;1-3-2;1-2/h3-4H,1-2H2;3H,1-2H3;1-2H2. The third kappa shape index (κ3) is 31.7. The number of hydrogen-bond acceptors (Lipinski definition) is 2. The lowest BCUT2D eigenvalue weighted by Crippen LogP contribution is -1.89. The smallest absolute Gasteiger partial charge is 0.00176 e. The Morgan fingerprint density at radius 2 is 1.44 bits per heavy atom. The first-order valence-corrected chi connectivity index (χ1v) is 3.59. The van der Waals surface area contributed by atoms with Crippen molar-refractivity contribution in [3.63, 3.8) is 0 Å². The van der Waals surface area contributed by atoms with Gasteiger partial charge < -0.3 is 5.32 Å². The fourth-order valence-corrected chi connectivity index (χ4v) is 0.224. The maximum absolute atomic E-state index is 4.08. The van der Waals surface area contributed by atoms with Crippen LogP contribution in [0.25, 0.3) is 0 Å². The van der Waals surface area contributed by atoms with Gasteiger partial charge in [-0.05, 0) is 26.9 Å². The first kappa shape index (κ1) is 11.8. The molecule has 1 nitrogen and oxygen atoms in total. The molecule has 1 saturated carbocycles. The van der Waals surface area contributed by atoms with E-state index in [4.69, 9.17) is 0 Å². The van der Waals surface area contributed by atoms with E-state index < -0.39 is 0 Å². The molecule has 0 unspecified atom stereocenters. The van der Waals surface area contributed by atoms with Crippen molar-refractivity contribution in [2.24, 2.45) is 0 Å². The Labute approximate surface area is 64.0 Å². The van der Waals surface area contributed by atoms with Crippen LogP contribution in [0, 0.1) is 0 Å². The van der Waals surface area contributed by atoms with Crippen molar-refractivity contribution in [1.82, 2.24) is 5.32 Å². The van der Waals surface area contributed by atoms with Crippen LogP contribution in [0.4, 0.5) is 0 Å². The summed E-state index contributed by atoms with van der Waals surface area (Å²) in [6.45, 7) is 6.00. The molecule has 56 valence electrons. The van der Waals surface area contributed by atoms with Crippen LogP contribution in [0.3, 0.4) is 0 Å². The topological polar surface area (TPSA) is 12.0 Å². The van der Waals surface area contributed by atoms with Crippen molar-refractivity contribution in [1.29, 1.82) is 0 Å². The van der Waals surface area contributed by atoms with E-state index in [1.54, 1.807) is 0 Å². The molecule has 0 aromatic heterocycles. The molecule has 0 amide bonds. The largest absolute Gasteiger partial charge is 0.323 e. The third-order valence-electron chi connectivity index (χ3n) is 0.547. The molecule has 1 rings (SSSR count). The van der Waals surface area contributed by atoms with Gasteiger partial charge in [0.25, 0.3) is 0 Å². The van der Waals surface area contributed by atoms with Crippen molar-refractivity contribution >= 4 is 12.6 Å². The summed E-state index contributed by atoms with van der Waals surface area (Å²) >= 11 is 4.08. The molecule has 0 aromatic carbocycles. The van der Waals surface area contributed by atoms with Crippen LogP contribution in [-0.4, -0.2) is 19.3 Å². The fraction of sp³-hybridized carbons (Fsp3) is 0.714. The predicted molar refractivity (Wildman–Crippen MR) is 48.2 cm³/mol. The van der Waals surface area contributed by atoms with Crippen LogP contribution in [-0.2, 0) is 0 Å². The molecule has 9 heavy (non-hydrogen) atoms. The van der Waals surface area contributed by atoms with Crippen LogP contribution < -0.4 is 5.32 Å². The third-order valence-corrected chi connectivity index (χ3v) is 1.06. The normalized spacial score (nSPS) is 14.1. The summed E-state index contributed by atoms with van der Waals surface area (Å²) in [4.78, 5) is 0. The fourth-order valence-electron chi connectivity index (χ4n) is 0.0745. The number of rotatable bonds is 0. The first-order valence-electron chi connectivity index (χ1n) is 3.07. The van der Waals surface area contributed by atoms with Gasteiger partial charge in [0.15, 0.2) is 0 Å². The first-order chi connectivity index (χ1) is 4.31. The van der Waals surface area contributed by atoms with Crippen molar-refractivity contribution in [3.8, 4) is 0 Å². The molecule has 0 radical (unpaired) electrons. The van der Waals surface area contributed by atoms with Gasteiger partial charge in [-0.1, -0.05) is 0 Å². The van der Waals surface area contributed by atoms with E-state index in [1.807, 2.05) is 14.1 Å². The van der Waals surface area contributed by atoms with Gasteiger partial charge in [-0.15, -0.1) is 13.2 Å². The van der Waals surface area contributed by atoms with Gasteiger partial charge in [-0.2, -0.15) is 12.6 Å². The summed E-state index contributed by atoms with van der Waals surface area (Å²) in [5.41, 5.74) is 0. The van der Waals surface area contributed by atoms with Gasteiger partial charge in [0.1, 0.15) is 0 Å². The molecule has 0 aromatic rings. The molecule has 2 heteroatoms. The Balaban J connectivity index is 0. The van der Waals surface area contributed by atoms with E-state index in [9.17, 15) is 0 Å². The van der Waals surface area contributed by atoms with Gasteiger partial charge in [0.05, 0.1) is 0 Å². The highest BCUT2D eigenvalue weighted by Gasteiger charge is 2.14. The molecule has 1 fully saturated rings. The van der Waals surface area contributed by atoms with Gasteiger partial charge in [0.2, 0.25) is 0 Å². The van der Waals surface area contributed by atoms with Crippen molar-refractivity contribution in [3.05, 3.63) is 13.2 Å². The summed E-state index contributed by atoms with van der Waals surface area (Å²) in [6, 6.07) is 0. The molecule has 0 aliphatic heterocycles. The molecule has 1 N–H and O–H groups in total. The van der Waals surface area contributed by atoms with Gasteiger partial charge in [-0.25, -0.2) is 0 Å². The zero-order valence-corrected chi connectivity index (χ0v) is 7.25. The summed E-state index contributed by atoms with van der Waals surface area (Å²) in [5.74, 6) is 0. The summed E-state index contributed by atoms with van der Waals surface area (Å²) in [6.07, 6.45) is 2.70. The average molecular weight is 147 g/mol. The zero-order chi connectivity index (χ0) is 7.70. The van der Waals surface area contributed by atoms with Crippen LogP contribution in [0.1, 0.15) is 12.8 Å². The molecule has 0 heterocycles. The highest BCUT2D eigenvalue weighted by molar-refractivity contribution is 7.81. The van der Waals surface area contributed by atoms with Gasteiger partial charge in [-0.3, -0.25) is 0 Å². The lowest BCUT2D eigenvalue weighted by atomic mass is 11.0. The van der Waals surface area contributed by atoms with Crippen LogP contribution in [0.2, 0.25) is 0 Å². The van der Waals surface area contributed by atoms with E-state index in [1.165, 1.54) is 12.8 Å². The molecule has 0 bridgehead atoms. The van der Waals surface area contributed by atoms with Crippen LogP contribution in [0.15, 0.2) is 13.2 Å². The minimum absolute atomic E-state index is 0.778. The van der Waals surface area contributed by atoms with Crippen molar-refractivity contribution < 1.29 is 0 Å². The molecule has 0 saturated heterocycles. The lowest BCUT2D eigenvalue weighted by molar-refractivity contribution is 1.02. The maximum atomic E-state index is 4.08. The van der Waals surface area contributed by atoms with Crippen molar-refractivity contribution in [2.45, 2.75) is 18.1 Å². The second-order valence-corrected chi connectivity index (χ2v) is 2.46. The van der Waals surface area contributed by atoms with E-state index in [0.29, 0.717) is 0 Å². The van der Waals surface area contributed by atoms with E-state index in [0.717, 1.165) is 5.25 Å². The van der Waals surface area contributed by atoms with E-state index >= 15 is 0 Å². The number of nitrogens with one attached hydrogen (secondary N) is 1. The summed E-state index contributed by atoms with van der Waals surface area (Å²) in [5, 5.41) is 3.53. The molecular formula is C7H17NS. The number of hydrogen-bond donors (Lipinski definition) is 2. The minimum Gasteiger partial charge on any atom is -0.323 e. The molecule has 1 aliphatic carbocycles. The van der Waals surface area contributed by atoms with Gasteiger partial charge >= 0.3 is 0 Å². The summed E-state index contributed by atoms with van der Waals surface area (Å²) < 4.78 is 0. The molecule has 0 atom stereocenters. The highest BCUT2D eigenvalue weighted by Crippen LogP contribution is 2.24. The maximum Gasteiger partial charge on any atom is 0.00176 e. The SMILES string of the molecule is C=C.CNC.SC1CC1. The molecular weight excluding hydrogens is 130 g/mol. The van der Waals surface area contributed by atoms with Crippen LogP contribution >= 0.6 is 12.6 Å². The van der Waals surface area contributed by atoms with E-state index in [-0.39, 0.29) is 0 Å². The Hall–Kier alpha value is 0.0500. The zero-order valence-electron chi connectivity index (χ0n) is 6.35. The quantitative estimate of drug-likeness (QED) is 0.393. The highest BCUT2D eigenvalue weighted by atomic mass is 32.1. The molecule has 0 spiro atoms. The Bertz CT molecular complexity index is 44.2. The lowest BCUT2D eigenvalue weighted by Gasteiger charge is -1.59. The summed E-state index contributed by atoms with van der Waals surface area (Å²) in [7, 11) is 3.75. The minimum atomic E-state index is 0.778. The van der Waals surface area contributed by atoms with Crippen molar-refractivity contribution in [2.75, 3.05) is 14.1 Å². The Morgan fingerprint density at radius 3 is 1.44 bits per heavy atom. The monoisotopic (exact) mass is 147 g/mol. The predicted octanol–water partition coefficient (Wildman–Crippen LogP) is 1.72. The average Bonchev–Trinajstić information content (AvgIpc) is 2.59. The molecule has 1 aliphatic rings. The van der Waals surface area contributed by atoms with E-state index in [2.05, 4.69) is 31.1 Å². The van der Waals surface area contributed by atoms with Crippen LogP contribution in [0.5, 0.6) is 0 Å². The Kier molecular flexibility index (Phi) is 14.3. The second kappa shape index (κ2) is 10.9. The second-order valence-electron chi connectivity index (χ2n) is 1.73.